The summed E-state index contributed by atoms with van der Waals surface area (Å²) in [5.41, 5.74) is 2.08. The van der Waals surface area contributed by atoms with Gasteiger partial charge in [0.05, 0.1) is 0 Å². The zero-order chi connectivity index (χ0) is 14.3. The molecule has 3 heteroatoms. The fourth-order valence-electron chi connectivity index (χ4n) is 1.95. The lowest BCUT2D eigenvalue weighted by Gasteiger charge is -2.14. The summed E-state index contributed by atoms with van der Waals surface area (Å²) in [5.74, 6) is 0.660. The van der Waals surface area contributed by atoms with E-state index in [-0.39, 0.29) is 5.91 Å². The summed E-state index contributed by atoms with van der Waals surface area (Å²) in [4.78, 5) is 11.8. The van der Waals surface area contributed by atoms with Crippen LogP contribution in [0.2, 0.25) is 0 Å². The second-order valence-corrected chi connectivity index (χ2v) is 5.39. The molecule has 1 amide bonds. The summed E-state index contributed by atoms with van der Waals surface area (Å²) in [6, 6.07) is 8.35. The molecular formula is C16H26N2O. The molecule has 1 aromatic carbocycles. The van der Waals surface area contributed by atoms with Crippen molar-refractivity contribution in [2.24, 2.45) is 5.92 Å². The van der Waals surface area contributed by atoms with Crippen molar-refractivity contribution in [3.8, 4) is 0 Å². The standard InChI is InChI=1S/C16H26N2O/c1-5-17-13(4)14-7-6-8-15(11-14)18-16(19)10-9-12(2)3/h6-8,11-13,17H,5,9-10H2,1-4H3,(H,18,19). The molecule has 0 aliphatic heterocycles. The zero-order valence-corrected chi connectivity index (χ0v) is 12.5. The zero-order valence-electron chi connectivity index (χ0n) is 12.5. The minimum atomic E-state index is 0.0990. The molecule has 2 N–H and O–H groups in total. The molecule has 1 atom stereocenters. The Morgan fingerprint density at radius 2 is 2.00 bits per heavy atom. The number of rotatable bonds is 7. The largest absolute Gasteiger partial charge is 0.326 e. The molecule has 0 aliphatic rings. The Morgan fingerprint density at radius 1 is 1.26 bits per heavy atom. The minimum Gasteiger partial charge on any atom is -0.326 e. The first-order chi connectivity index (χ1) is 9.02. The first-order valence-electron chi connectivity index (χ1n) is 7.16. The number of hydrogen-bond donors (Lipinski definition) is 2. The van der Waals surface area contributed by atoms with E-state index in [0.29, 0.717) is 18.4 Å². The Bertz CT molecular complexity index is 401. The summed E-state index contributed by atoms with van der Waals surface area (Å²) in [7, 11) is 0. The number of carbonyl (C=O) groups excluding carboxylic acids is 1. The van der Waals surface area contributed by atoms with Gasteiger partial charge >= 0.3 is 0 Å². The van der Waals surface area contributed by atoms with Crippen LogP contribution in [-0.4, -0.2) is 12.5 Å². The molecule has 1 aromatic rings. The van der Waals surface area contributed by atoms with E-state index >= 15 is 0 Å². The number of benzene rings is 1. The first-order valence-corrected chi connectivity index (χ1v) is 7.16. The second-order valence-electron chi connectivity index (χ2n) is 5.39. The van der Waals surface area contributed by atoms with Crippen molar-refractivity contribution in [2.45, 2.75) is 46.6 Å². The summed E-state index contributed by atoms with van der Waals surface area (Å²) in [5, 5.41) is 6.34. The molecule has 1 unspecified atom stereocenters. The lowest BCUT2D eigenvalue weighted by molar-refractivity contribution is -0.116. The highest BCUT2D eigenvalue weighted by molar-refractivity contribution is 5.90. The van der Waals surface area contributed by atoms with E-state index < -0.39 is 0 Å². The van der Waals surface area contributed by atoms with Gasteiger partial charge in [-0.3, -0.25) is 4.79 Å². The van der Waals surface area contributed by atoms with Gasteiger partial charge in [0.2, 0.25) is 5.91 Å². The number of amides is 1. The van der Waals surface area contributed by atoms with Crippen molar-refractivity contribution in [2.75, 3.05) is 11.9 Å². The molecule has 0 spiro atoms. The van der Waals surface area contributed by atoms with Crippen LogP contribution in [0.1, 0.15) is 52.1 Å². The SMILES string of the molecule is CCNC(C)c1cccc(NC(=O)CCC(C)C)c1. The van der Waals surface area contributed by atoms with Gasteiger partial charge < -0.3 is 10.6 Å². The maximum atomic E-state index is 11.8. The maximum absolute atomic E-state index is 11.8. The van der Waals surface area contributed by atoms with Crippen LogP contribution in [0.25, 0.3) is 0 Å². The maximum Gasteiger partial charge on any atom is 0.224 e. The molecule has 1 rings (SSSR count). The van der Waals surface area contributed by atoms with Crippen LogP contribution in [-0.2, 0) is 4.79 Å². The van der Waals surface area contributed by atoms with Crippen LogP contribution < -0.4 is 10.6 Å². The van der Waals surface area contributed by atoms with Gasteiger partial charge in [0.25, 0.3) is 0 Å². The number of hydrogen-bond acceptors (Lipinski definition) is 2. The van der Waals surface area contributed by atoms with Crippen LogP contribution in [0.4, 0.5) is 5.69 Å². The summed E-state index contributed by atoms with van der Waals surface area (Å²) in [6.07, 6.45) is 1.52. The van der Waals surface area contributed by atoms with E-state index in [1.807, 2.05) is 18.2 Å². The van der Waals surface area contributed by atoms with Crippen LogP contribution in [0.15, 0.2) is 24.3 Å². The van der Waals surface area contributed by atoms with Crippen LogP contribution >= 0.6 is 0 Å². The van der Waals surface area contributed by atoms with Crippen LogP contribution in [0, 0.1) is 5.92 Å². The number of nitrogens with one attached hydrogen (secondary N) is 2. The third-order valence-electron chi connectivity index (χ3n) is 3.13. The molecule has 0 radical (unpaired) electrons. The molecular weight excluding hydrogens is 236 g/mol. The topological polar surface area (TPSA) is 41.1 Å². The lowest BCUT2D eigenvalue weighted by atomic mass is 10.1. The van der Waals surface area contributed by atoms with Gasteiger partial charge in [0.15, 0.2) is 0 Å². The predicted octanol–water partition coefficient (Wildman–Crippen LogP) is 3.73. The third-order valence-corrected chi connectivity index (χ3v) is 3.13. The summed E-state index contributed by atoms with van der Waals surface area (Å²) >= 11 is 0. The number of anilines is 1. The van der Waals surface area contributed by atoms with E-state index in [0.717, 1.165) is 18.7 Å². The first kappa shape index (κ1) is 15.7. The van der Waals surface area contributed by atoms with E-state index in [2.05, 4.69) is 44.4 Å². The van der Waals surface area contributed by atoms with Gasteiger partial charge in [-0.2, -0.15) is 0 Å². The van der Waals surface area contributed by atoms with Crippen molar-refractivity contribution in [1.82, 2.24) is 5.32 Å². The molecule has 0 fully saturated rings. The normalized spacial score (nSPS) is 12.5. The monoisotopic (exact) mass is 262 g/mol. The molecule has 0 saturated carbocycles. The quantitative estimate of drug-likeness (QED) is 0.786. The predicted molar refractivity (Wildman–Crippen MR) is 81.2 cm³/mol. The van der Waals surface area contributed by atoms with Gasteiger partial charge in [-0.1, -0.05) is 32.9 Å². The Labute approximate surface area is 116 Å². The van der Waals surface area contributed by atoms with Crippen LogP contribution in [0.5, 0.6) is 0 Å². The van der Waals surface area contributed by atoms with Crippen molar-refractivity contribution in [1.29, 1.82) is 0 Å². The second kappa shape index (κ2) is 7.95. The Kier molecular flexibility index (Phi) is 6.57. The average Bonchev–Trinajstić information content (AvgIpc) is 2.37. The minimum absolute atomic E-state index is 0.0990. The smallest absolute Gasteiger partial charge is 0.224 e. The van der Waals surface area contributed by atoms with Crippen molar-refractivity contribution < 1.29 is 4.79 Å². The van der Waals surface area contributed by atoms with Gasteiger partial charge in [0.1, 0.15) is 0 Å². The average molecular weight is 262 g/mol. The van der Waals surface area contributed by atoms with Gasteiger partial charge in [-0.25, -0.2) is 0 Å². The van der Waals surface area contributed by atoms with Crippen molar-refractivity contribution in [3.05, 3.63) is 29.8 Å². The Balaban J connectivity index is 2.59. The lowest BCUT2D eigenvalue weighted by Crippen LogP contribution is -2.18. The van der Waals surface area contributed by atoms with Crippen molar-refractivity contribution in [3.63, 3.8) is 0 Å². The molecule has 3 nitrogen and oxygen atoms in total. The molecule has 0 saturated heterocycles. The molecule has 0 bridgehead atoms. The van der Waals surface area contributed by atoms with Crippen LogP contribution in [0.3, 0.4) is 0 Å². The summed E-state index contributed by atoms with van der Waals surface area (Å²) < 4.78 is 0. The fourth-order valence-corrected chi connectivity index (χ4v) is 1.95. The Hall–Kier alpha value is -1.35. The van der Waals surface area contributed by atoms with E-state index in [1.54, 1.807) is 0 Å². The van der Waals surface area contributed by atoms with E-state index in [4.69, 9.17) is 0 Å². The Morgan fingerprint density at radius 3 is 2.63 bits per heavy atom. The molecule has 0 aromatic heterocycles. The highest BCUT2D eigenvalue weighted by Gasteiger charge is 2.07. The highest BCUT2D eigenvalue weighted by Crippen LogP contribution is 2.17. The fraction of sp³-hybridized carbons (Fsp3) is 0.562. The van der Waals surface area contributed by atoms with Crippen molar-refractivity contribution >= 4 is 11.6 Å². The van der Waals surface area contributed by atoms with Gasteiger partial charge in [-0.15, -0.1) is 0 Å². The van der Waals surface area contributed by atoms with E-state index in [1.165, 1.54) is 5.56 Å². The number of carbonyl (C=O) groups is 1. The van der Waals surface area contributed by atoms with Gasteiger partial charge in [0, 0.05) is 18.2 Å². The molecule has 106 valence electrons. The molecule has 0 aliphatic carbocycles. The molecule has 19 heavy (non-hydrogen) atoms. The van der Waals surface area contributed by atoms with E-state index in [9.17, 15) is 4.79 Å². The molecule has 0 heterocycles. The van der Waals surface area contributed by atoms with Gasteiger partial charge in [-0.05, 0) is 43.5 Å². The highest BCUT2D eigenvalue weighted by atomic mass is 16.1. The third kappa shape index (κ3) is 5.88. The summed E-state index contributed by atoms with van der Waals surface area (Å²) in [6.45, 7) is 9.42.